The van der Waals surface area contributed by atoms with E-state index in [-0.39, 0.29) is 0 Å². The highest BCUT2D eigenvalue weighted by Crippen LogP contribution is 2.42. The van der Waals surface area contributed by atoms with E-state index in [1.807, 2.05) is 11.3 Å². The van der Waals surface area contributed by atoms with Crippen molar-refractivity contribution < 1.29 is 0 Å². The molecule has 0 atom stereocenters. The lowest BCUT2D eigenvalue weighted by Crippen LogP contribution is -2.38. The second kappa shape index (κ2) is 5.56. The van der Waals surface area contributed by atoms with Gasteiger partial charge in [-0.2, -0.15) is 24.0 Å². The summed E-state index contributed by atoms with van der Waals surface area (Å²) < 4.78 is 0. The van der Waals surface area contributed by atoms with Crippen LogP contribution < -0.4 is 0 Å². The van der Waals surface area contributed by atoms with Crippen LogP contribution >= 0.6 is 24.0 Å². The van der Waals surface area contributed by atoms with Gasteiger partial charge in [0.05, 0.1) is 0 Å². The number of nitrogens with zero attached hydrogens (tertiary/aromatic N) is 1. The highest BCUT2D eigenvalue weighted by atomic mass is 32.1. The van der Waals surface area contributed by atoms with Gasteiger partial charge in [-0.1, -0.05) is 12.8 Å². The van der Waals surface area contributed by atoms with Crippen LogP contribution in [0.15, 0.2) is 16.8 Å². The lowest BCUT2D eigenvalue weighted by molar-refractivity contribution is 0.157. The Kier molecular flexibility index (Phi) is 4.02. The van der Waals surface area contributed by atoms with Crippen LogP contribution in [0.25, 0.3) is 0 Å². The zero-order valence-electron chi connectivity index (χ0n) is 11.0. The Morgan fingerprint density at radius 2 is 2.11 bits per heavy atom. The van der Waals surface area contributed by atoms with E-state index in [0.29, 0.717) is 5.41 Å². The van der Waals surface area contributed by atoms with E-state index in [2.05, 4.69) is 34.4 Å². The number of rotatable bonds is 6. The van der Waals surface area contributed by atoms with E-state index in [9.17, 15) is 0 Å². The minimum atomic E-state index is 0.516. The van der Waals surface area contributed by atoms with Crippen LogP contribution in [0.4, 0.5) is 0 Å². The normalized spacial score (nSPS) is 22.8. The van der Waals surface area contributed by atoms with Gasteiger partial charge in [0.25, 0.3) is 0 Å². The predicted molar refractivity (Wildman–Crippen MR) is 82.5 cm³/mol. The fourth-order valence-corrected chi connectivity index (χ4v) is 4.37. The van der Waals surface area contributed by atoms with Crippen molar-refractivity contribution in [3.8, 4) is 0 Å². The second-order valence-electron chi connectivity index (χ2n) is 6.13. The van der Waals surface area contributed by atoms with Crippen LogP contribution in [-0.4, -0.2) is 23.2 Å². The van der Waals surface area contributed by atoms with Gasteiger partial charge in [0.15, 0.2) is 0 Å². The van der Waals surface area contributed by atoms with Crippen molar-refractivity contribution in [1.29, 1.82) is 0 Å². The summed E-state index contributed by atoms with van der Waals surface area (Å²) in [5.74, 6) is 1.07. The zero-order chi connectivity index (χ0) is 12.4. The standard InChI is InChI=1S/C15H23NS2/c17-12-15(6-1-2-7-15)11-16(14-3-4-14)9-13-5-8-18-10-13/h5,8,10,14,17H,1-4,6-7,9,11-12H2. The first kappa shape index (κ1) is 13.0. The Hall–Kier alpha value is 0.01000. The summed E-state index contributed by atoms with van der Waals surface area (Å²) in [5, 5.41) is 4.50. The summed E-state index contributed by atoms with van der Waals surface area (Å²) in [6.07, 6.45) is 8.43. The Labute approximate surface area is 120 Å². The molecule has 3 heteroatoms. The SMILES string of the molecule is SCC1(CN(Cc2ccsc2)C2CC2)CCCC1. The molecule has 0 saturated heterocycles. The first-order valence-corrected chi connectivity index (χ1v) is 8.75. The molecular weight excluding hydrogens is 258 g/mol. The molecule has 2 aliphatic carbocycles. The molecule has 1 aromatic rings. The summed E-state index contributed by atoms with van der Waals surface area (Å²) in [4.78, 5) is 2.74. The number of hydrogen-bond acceptors (Lipinski definition) is 3. The first-order valence-electron chi connectivity index (χ1n) is 7.17. The van der Waals surface area contributed by atoms with E-state index >= 15 is 0 Å². The van der Waals surface area contributed by atoms with Crippen LogP contribution in [0.1, 0.15) is 44.1 Å². The molecule has 1 heterocycles. The van der Waals surface area contributed by atoms with Gasteiger partial charge in [0.1, 0.15) is 0 Å². The maximum Gasteiger partial charge on any atom is 0.0245 e. The highest BCUT2D eigenvalue weighted by molar-refractivity contribution is 7.80. The molecule has 0 bridgehead atoms. The fourth-order valence-electron chi connectivity index (χ4n) is 3.29. The topological polar surface area (TPSA) is 3.24 Å². The average Bonchev–Trinajstić information content (AvgIpc) is 2.92. The van der Waals surface area contributed by atoms with Crippen LogP contribution in [0.3, 0.4) is 0 Å². The third kappa shape index (κ3) is 2.94. The van der Waals surface area contributed by atoms with Gasteiger partial charge >= 0.3 is 0 Å². The first-order chi connectivity index (χ1) is 8.81. The molecule has 0 aliphatic heterocycles. The minimum Gasteiger partial charge on any atom is -0.296 e. The number of thiophene rings is 1. The average molecular weight is 281 g/mol. The molecule has 0 amide bonds. The third-order valence-corrected chi connectivity index (χ3v) is 5.97. The Morgan fingerprint density at radius 3 is 2.67 bits per heavy atom. The van der Waals surface area contributed by atoms with Crippen molar-refractivity contribution in [2.45, 2.75) is 51.1 Å². The molecule has 3 rings (SSSR count). The predicted octanol–water partition coefficient (Wildman–Crippen LogP) is 4.20. The van der Waals surface area contributed by atoms with Crippen molar-refractivity contribution in [2.75, 3.05) is 12.3 Å². The number of hydrogen-bond donors (Lipinski definition) is 1. The van der Waals surface area contributed by atoms with Gasteiger partial charge in [-0.15, -0.1) is 0 Å². The summed E-state index contributed by atoms with van der Waals surface area (Å²) in [6.45, 7) is 2.43. The van der Waals surface area contributed by atoms with Gasteiger partial charge in [0.2, 0.25) is 0 Å². The van der Waals surface area contributed by atoms with Crippen LogP contribution in [0.5, 0.6) is 0 Å². The third-order valence-electron chi connectivity index (χ3n) is 4.57. The van der Waals surface area contributed by atoms with Gasteiger partial charge < -0.3 is 0 Å². The van der Waals surface area contributed by atoms with E-state index in [1.165, 1.54) is 50.6 Å². The molecule has 0 spiro atoms. The second-order valence-corrected chi connectivity index (χ2v) is 7.23. The summed E-state index contributed by atoms with van der Waals surface area (Å²) in [5.41, 5.74) is 2.01. The maximum atomic E-state index is 4.65. The maximum absolute atomic E-state index is 4.65. The summed E-state index contributed by atoms with van der Waals surface area (Å²) >= 11 is 6.47. The van der Waals surface area contributed by atoms with E-state index in [4.69, 9.17) is 0 Å². The van der Waals surface area contributed by atoms with Crippen LogP contribution in [0, 0.1) is 5.41 Å². The van der Waals surface area contributed by atoms with Crippen molar-refractivity contribution >= 4 is 24.0 Å². The Morgan fingerprint density at radius 1 is 1.33 bits per heavy atom. The van der Waals surface area contributed by atoms with Gasteiger partial charge in [0, 0.05) is 19.1 Å². The quantitative estimate of drug-likeness (QED) is 0.765. The number of thiol groups is 1. The molecule has 2 saturated carbocycles. The highest BCUT2D eigenvalue weighted by Gasteiger charge is 2.38. The molecular formula is C15H23NS2. The molecule has 2 fully saturated rings. The minimum absolute atomic E-state index is 0.516. The molecule has 18 heavy (non-hydrogen) atoms. The van der Waals surface area contributed by atoms with Gasteiger partial charge in [-0.3, -0.25) is 4.90 Å². The molecule has 2 aliphatic rings. The van der Waals surface area contributed by atoms with Crippen molar-refractivity contribution in [3.63, 3.8) is 0 Å². The van der Waals surface area contributed by atoms with E-state index < -0.39 is 0 Å². The van der Waals surface area contributed by atoms with E-state index in [0.717, 1.165) is 18.3 Å². The lowest BCUT2D eigenvalue weighted by Gasteiger charge is -2.34. The van der Waals surface area contributed by atoms with Crippen molar-refractivity contribution in [3.05, 3.63) is 22.4 Å². The van der Waals surface area contributed by atoms with Crippen LogP contribution in [0.2, 0.25) is 0 Å². The van der Waals surface area contributed by atoms with Gasteiger partial charge in [-0.25, -0.2) is 0 Å². The molecule has 0 N–H and O–H groups in total. The molecule has 1 nitrogen and oxygen atoms in total. The van der Waals surface area contributed by atoms with Crippen molar-refractivity contribution in [2.24, 2.45) is 5.41 Å². The lowest BCUT2D eigenvalue weighted by atomic mass is 9.87. The summed E-state index contributed by atoms with van der Waals surface area (Å²) in [7, 11) is 0. The molecule has 0 aromatic carbocycles. The zero-order valence-corrected chi connectivity index (χ0v) is 12.7. The Balaban J connectivity index is 1.66. The Bertz CT molecular complexity index is 364. The molecule has 100 valence electrons. The van der Waals surface area contributed by atoms with E-state index in [1.54, 1.807) is 0 Å². The largest absolute Gasteiger partial charge is 0.296 e. The molecule has 0 unspecified atom stereocenters. The smallest absolute Gasteiger partial charge is 0.0245 e. The summed E-state index contributed by atoms with van der Waals surface area (Å²) in [6, 6.07) is 3.14. The fraction of sp³-hybridized carbons (Fsp3) is 0.733. The molecule has 0 radical (unpaired) electrons. The van der Waals surface area contributed by atoms with Crippen molar-refractivity contribution in [1.82, 2.24) is 4.90 Å². The van der Waals surface area contributed by atoms with Gasteiger partial charge in [-0.05, 0) is 59.2 Å². The molecule has 1 aromatic heterocycles. The van der Waals surface area contributed by atoms with Crippen LogP contribution in [-0.2, 0) is 6.54 Å². The monoisotopic (exact) mass is 281 g/mol.